The molecule has 3 rings (SSSR count). The molecule has 1 aromatic carbocycles. The predicted octanol–water partition coefficient (Wildman–Crippen LogP) is 1.69. The smallest absolute Gasteiger partial charge is 0.257 e. The summed E-state index contributed by atoms with van der Waals surface area (Å²) in [6, 6.07) is 10.1. The van der Waals surface area contributed by atoms with Crippen molar-refractivity contribution in [1.29, 1.82) is 0 Å². The van der Waals surface area contributed by atoms with Crippen molar-refractivity contribution in [3.8, 4) is 11.5 Å². The highest BCUT2D eigenvalue weighted by Crippen LogP contribution is 2.17. The fourth-order valence-corrected chi connectivity index (χ4v) is 2.22. The maximum atomic E-state index is 5.87. The summed E-state index contributed by atoms with van der Waals surface area (Å²) in [5.74, 6) is 1.30. The molecule has 1 aliphatic rings. The van der Waals surface area contributed by atoms with E-state index < -0.39 is 0 Å². The lowest BCUT2D eigenvalue weighted by molar-refractivity contribution is 0.309. The highest BCUT2D eigenvalue weighted by atomic mass is 35.5. The third-order valence-corrected chi connectivity index (χ3v) is 3.16. The minimum absolute atomic E-state index is 0. The first-order chi connectivity index (χ1) is 8.81. The molecule has 0 spiro atoms. The molecule has 1 aliphatic heterocycles. The van der Waals surface area contributed by atoms with E-state index in [0.29, 0.717) is 12.4 Å². The van der Waals surface area contributed by atoms with Crippen molar-refractivity contribution in [2.45, 2.75) is 19.0 Å². The van der Waals surface area contributed by atoms with Gasteiger partial charge in [0.05, 0.1) is 6.54 Å². The van der Waals surface area contributed by atoms with Crippen LogP contribution in [0.15, 0.2) is 34.9 Å². The fraction of sp³-hybridized carbons (Fsp3) is 0.385. The summed E-state index contributed by atoms with van der Waals surface area (Å²) in [6.45, 7) is 2.63. The second kappa shape index (κ2) is 6.14. The molecule has 6 heteroatoms. The van der Waals surface area contributed by atoms with Crippen molar-refractivity contribution in [3.63, 3.8) is 0 Å². The number of benzene rings is 1. The number of aromatic nitrogens is 2. The van der Waals surface area contributed by atoms with Gasteiger partial charge in [-0.3, -0.25) is 4.90 Å². The van der Waals surface area contributed by atoms with Crippen molar-refractivity contribution in [2.24, 2.45) is 5.73 Å². The van der Waals surface area contributed by atoms with E-state index in [1.807, 2.05) is 30.3 Å². The SMILES string of the molecule is Cl.NC1CCN(Cc2noc(-c3ccccc3)n2)C1. The number of hydrogen-bond acceptors (Lipinski definition) is 5. The first kappa shape index (κ1) is 14.0. The van der Waals surface area contributed by atoms with Crippen LogP contribution in [0.3, 0.4) is 0 Å². The maximum Gasteiger partial charge on any atom is 0.257 e. The number of rotatable bonds is 3. The van der Waals surface area contributed by atoms with Crippen molar-refractivity contribution in [2.75, 3.05) is 13.1 Å². The first-order valence-corrected chi connectivity index (χ1v) is 6.17. The standard InChI is InChI=1S/C13H16N4O.ClH/c14-11-6-7-17(8-11)9-12-15-13(18-16-12)10-4-2-1-3-5-10;/h1-5,11H,6-9,14H2;1H. The lowest BCUT2D eigenvalue weighted by Gasteiger charge is -2.11. The van der Waals surface area contributed by atoms with Crippen molar-refractivity contribution < 1.29 is 4.52 Å². The molecule has 5 nitrogen and oxygen atoms in total. The topological polar surface area (TPSA) is 68.2 Å². The zero-order chi connectivity index (χ0) is 12.4. The summed E-state index contributed by atoms with van der Waals surface area (Å²) in [6.07, 6.45) is 1.05. The summed E-state index contributed by atoms with van der Waals surface area (Å²) in [4.78, 5) is 6.66. The van der Waals surface area contributed by atoms with Gasteiger partial charge < -0.3 is 10.3 Å². The minimum Gasteiger partial charge on any atom is -0.334 e. The molecule has 1 aromatic heterocycles. The number of likely N-dealkylation sites (tertiary alicyclic amines) is 1. The lowest BCUT2D eigenvalue weighted by atomic mass is 10.2. The number of nitrogens with two attached hydrogens (primary N) is 1. The van der Waals surface area contributed by atoms with Crippen molar-refractivity contribution >= 4 is 12.4 Å². The Bertz CT molecular complexity index is 516. The predicted molar refractivity (Wildman–Crippen MR) is 74.9 cm³/mol. The van der Waals surface area contributed by atoms with Crippen LogP contribution in [0.1, 0.15) is 12.2 Å². The summed E-state index contributed by atoms with van der Waals surface area (Å²) in [5.41, 5.74) is 6.82. The number of nitrogens with zero attached hydrogens (tertiary/aromatic N) is 3. The molecule has 2 N–H and O–H groups in total. The molecule has 1 unspecified atom stereocenters. The summed E-state index contributed by atoms with van der Waals surface area (Å²) >= 11 is 0. The molecule has 102 valence electrons. The van der Waals surface area contributed by atoms with Crippen LogP contribution in [-0.4, -0.2) is 34.2 Å². The van der Waals surface area contributed by atoms with Gasteiger partial charge >= 0.3 is 0 Å². The highest BCUT2D eigenvalue weighted by molar-refractivity contribution is 5.85. The molecule has 1 atom stereocenters. The molecule has 2 heterocycles. The Morgan fingerprint density at radius 3 is 2.79 bits per heavy atom. The van der Waals surface area contributed by atoms with Gasteiger partial charge in [-0.2, -0.15) is 4.98 Å². The molecule has 0 aliphatic carbocycles. The van der Waals surface area contributed by atoms with E-state index in [4.69, 9.17) is 10.3 Å². The Balaban J connectivity index is 0.00000133. The van der Waals surface area contributed by atoms with Crippen LogP contribution in [0, 0.1) is 0 Å². The van der Waals surface area contributed by atoms with Gasteiger partial charge in [0.2, 0.25) is 0 Å². The summed E-state index contributed by atoms with van der Waals surface area (Å²) in [7, 11) is 0. The van der Waals surface area contributed by atoms with E-state index in [-0.39, 0.29) is 18.4 Å². The molecule has 2 aromatic rings. The van der Waals surface area contributed by atoms with E-state index >= 15 is 0 Å². The molecule has 0 saturated carbocycles. The van der Waals surface area contributed by atoms with Gasteiger partial charge in [-0.25, -0.2) is 0 Å². The zero-order valence-electron chi connectivity index (χ0n) is 10.5. The summed E-state index contributed by atoms with van der Waals surface area (Å²) < 4.78 is 5.27. The molecule has 0 radical (unpaired) electrons. The van der Waals surface area contributed by atoms with Crippen LogP contribution in [0.4, 0.5) is 0 Å². The number of hydrogen-bond donors (Lipinski definition) is 1. The Kier molecular flexibility index (Phi) is 4.52. The highest BCUT2D eigenvalue weighted by Gasteiger charge is 2.20. The normalized spacial score (nSPS) is 19.3. The molecule has 0 amide bonds. The van der Waals surface area contributed by atoms with Crippen LogP contribution >= 0.6 is 12.4 Å². The van der Waals surface area contributed by atoms with Crippen LogP contribution in [-0.2, 0) is 6.54 Å². The van der Waals surface area contributed by atoms with E-state index in [9.17, 15) is 0 Å². The van der Waals surface area contributed by atoms with Gasteiger partial charge in [-0.15, -0.1) is 12.4 Å². The molecule has 0 bridgehead atoms. The Morgan fingerprint density at radius 1 is 1.32 bits per heavy atom. The Morgan fingerprint density at radius 2 is 2.11 bits per heavy atom. The Hall–Kier alpha value is -1.43. The van der Waals surface area contributed by atoms with Crippen LogP contribution in [0.2, 0.25) is 0 Å². The average molecular weight is 281 g/mol. The third-order valence-electron chi connectivity index (χ3n) is 3.16. The molecule has 19 heavy (non-hydrogen) atoms. The maximum absolute atomic E-state index is 5.87. The Labute approximate surface area is 118 Å². The molecular formula is C13H17ClN4O. The molecule has 1 saturated heterocycles. The van der Waals surface area contributed by atoms with E-state index in [0.717, 1.165) is 30.9 Å². The van der Waals surface area contributed by atoms with Gasteiger partial charge in [0, 0.05) is 24.7 Å². The first-order valence-electron chi connectivity index (χ1n) is 6.17. The quantitative estimate of drug-likeness (QED) is 0.927. The van der Waals surface area contributed by atoms with Gasteiger partial charge in [-0.1, -0.05) is 23.4 Å². The van der Waals surface area contributed by atoms with Crippen LogP contribution in [0.5, 0.6) is 0 Å². The molecule has 1 fully saturated rings. The average Bonchev–Trinajstić information content (AvgIpc) is 3.01. The van der Waals surface area contributed by atoms with Crippen molar-refractivity contribution in [3.05, 3.63) is 36.2 Å². The van der Waals surface area contributed by atoms with E-state index in [2.05, 4.69) is 15.0 Å². The van der Waals surface area contributed by atoms with Gasteiger partial charge in [-0.05, 0) is 18.6 Å². The van der Waals surface area contributed by atoms with Crippen LogP contribution < -0.4 is 5.73 Å². The van der Waals surface area contributed by atoms with Crippen molar-refractivity contribution in [1.82, 2.24) is 15.0 Å². The van der Waals surface area contributed by atoms with Gasteiger partial charge in [0.25, 0.3) is 5.89 Å². The lowest BCUT2D eigenvalue weighted by Crippen LogP contribution is -2.26. The van der Waals surface area contributed by atoms with Gasteiger partial charge in [0.1, 0.15) is 0 Å². The molecular weight excluding hydrogens is 264 g/mol. The fourth-order valence-electron chi connectivity index (χ4n) is 2.22. The third kappa shape index (κ3) is 3.32. The monoisotopic (exact) mass is 280 g/mol. The second-order valence-corrected chi connectivity index (χ2v) is 4.67. The van der Waals surface area contributed by atoms with Gasteiger partial charge in [0.15, 0.2) is 5.82 Å². The van der Waals surface area contributed by atoms with E-state index in [1.165, 1.54) is 0 Å². The van der Waals surface area contributed by atoms with E-state index in [1.54, 1.807) is 0 Å². The minimum atomic E-state index is 0. The zero-order valence-corrected chi connectivity index (χ0v) is 11.3. The second-order valence-electron chi connectivity index (χ2n) is 4.67. The largest absolute Gasteiger partial charge is 0.334 e. The summed E-state index contributed by atoms with van der Waals surface area (Å²) in [5, 5.41) is 4.01. The van der Waals surface area contributed by atoms with Crippen LogP contribution in [0.25, 0.3) is 11.5 Å². The number of halogens is 1.